The lowest BCUT2D eigenvalue weighted by molar-refractivity contribution is -0.134. The normalized spacial score (nSPS) is 34.1. The van der Waals surface area contributed by atoms with E-state index in [0.717, 1.165) is 0 Å². The molecule has 0 bridgehead atoms. The summed E-state index contributed by atoms with van der Waals surface area (Å²) in [4.78, 5) is 21.9. The van der Waals surface area contributed by atoms with Crippen LogP contribution in [0.3, 0.4) is 0 Å². The van der Waals surface area contributed by atoms with Crippen molar-refractivity contribution in [3.8, 4) is 0 Å². The molecular weight excluding hydrogens is 182 g/mol. The summed E-state index contributed by atoms with van der Waals surface area (Å²) in [7, 11) is 0. The molecule has 2 heterocycles. The van der Waals surface area contributed by atoms with Crippen molar-refractivity contribution in [1.82, 2.24) is 10.6 Å². The summed E-state index contributed by atoms with van der Waals surface area (Å²) in [6.45, 7) is 4.62. The van der Waals surface area contributed by atoms with Gasteiger partial charge in [0.2, 0.25) is 11.8 Å². The molecule has 0 radical (unpaired) electrons. The SMILES string of the molecule is CC.NC(=O)C1CCC2(CNC2=O)N1. The summed E-state index contributed by atoms with van der Waals surface area (Å²) >= 11 is 0. The first kappa shape index (κ1) is 11.0. The Hall–Kier alpha value is -1.10. The molecule has 0 aromatic heterocycles. The van der Waals surface area contributed by atoms with Crippen LogP contribution in [0.4, 0.5) is 0 Å². The molecule has 2 aliphatic rings. The van der Waals surface area contributed by atoms with Crippen LogP contribution in [-0.4, -0.2) is 29.9 Å². The molecule has 2 unspecified atom stereocenters. The van der Waals surface area contributed by atoms with E-state index in [9.17, 15) is 9.59 Å². The third-order valence-corrected chi connectivity index (χ3v) is 2.64. The second-order valence-corrected chi connectivity index (χ2v) is 3.40. The molecule has 0 aliphatic carbocycles. The molecule has 5 heteroatoms. The topological polar surface area (TPSA) is 84.2 Å². The molecule has 2 aliphatic heterocycles. The van der Waals surface area contributed by atoms with E-state index in [0.29, 0.717) is 19.4 Å². The van der Waals surface area contributed by atoms with Gasteiger partial charge in [-0.15, -0.1) is 0 Å². The number of carbonyl (C=O) groups excluding carboxylic acids is 2. The Kier molecular flexibility index (Phi) is 3.10. The van der Waals surface area contributed by atoms with E-state index in [1.807, 2.05) is 13.8 Å². The predicted octanol–water partition coefficient (Wildman–Crippen LogP) is -0.881. The number of β-lactam (4-membered cyclic amide) rings is 1. The number of carbonyl (C=O) groups is 2. The van der Waals surface area contributed by atoms with Crippen LogP contribution in [-0.2, 0) is 9.59 Å². The monoisotopic (exact) mass is 199 g/mol. The van der Waals surface area contributed by atoms with Crippen molar-refractivity contribution in [2.45, 2.75) is 38.3 Å². The van der Waals surface area contributed by atoms with E-state index in [1.54, 1.807) is 0 Å². The molecule has 2 rings (SSSR count). The summed E-state index contributed by atoms with van der Waals surface area (Å²) in [5.41, 5.74) is 4.64. The van der Waals surface area contributed by atoms with Crippen LogP contribution >= 0.6 is 0 Å². The van der Waals surface area contributed by atoms with Crippen LogP contribution in [0.15, 0.2) is 0 Å². The zero-order chi connectivity index (χ0) is 10.8. The van der Waals surface area contributed by atoms with Gasteiger partial charge in [-0.2, -0.15) is 0 Å². The van der Waals surface area contributed by atoms with Gasteiger partial charge < -0.3 is 11.1 Å². The third kappa shape index (κ3) is 1.59. The van der Waals surface area contributed by atoms with Crippen molar-refractivity contribution >= 4 is 11.8 Å². The Labute approximate surface area is 83.4 Å². The predicted molar refractivity (Wildman–Crippen MR) is 52.4 cm³/mol. The molecule has 1 spiro atoms. The summed E-state index contributed by atoms with van der Waals surface area (Å²) < 4.78 is 0. The molecule has 2 fully saturated rings. The minimum Gasteiger partial charge on any atom is -0.368 e. The standard InChI is InChI=1S/C7H11N3O2.C2H6/c8-5(11)4-1-2-7(10-4)3-9-6(7)12;1-2/h4,10H,1-3H2,(H2,8,11)(H,9,12);1-2H3. The smallest absolute Gasteiger partial charge is 0.242 e. The number of rotatable bonds is 1. The fourth-order valence-electron chi connectivity index (χ4n) is 1.77. The van der Waals surface area contributed by atoms with E-state index in [4.69, 9.17) is 5.73 Å². The number of amides is 2. The van der Waals surface area contributed by atoms with Crippen molar-refractivity contribution in [3.05, 3.63) is 0 Å². The molecule has 5 nitrogen and oxygen atoms in total. The highest BCUT2D eigenvalue weighted by molar-refractivity contribution is 5.94. The Morgan fingerprint density at radius 3 is 2.43 bits per heavy atom. The van der Waals surface area contributed by atoms with Crippen LogP contribution < -0.4 is 16.4 Å². The average molecular weight is 199 g/mol. The van der Waals surface area contributed by atoms with Gasteiger partial charge in [0.25, 0.3) is 0 Å². The first-order chi connectivity index (χ1) is 6.64. The first-order valence-corrected chi connectivity index (χ1v) is 4.99. The van der Waals surface area contributed by atoms with Gasteiger partial charge in [0.05, 0.1) is 6.04 Å². The first-order valence-electron chi connectivity index (χ1n) is 4.99. The minimum atomic E-state index is -0.473. The largest absolute Gasteiger partial charge is 0.368 e. The lowest BCUT2D eigenvalue weighted by atomic mass is 9.90. The van der Waals surface area contributed by atoms with Crippen molar-refractivity contribution in [2.24, 2.45) is 5.73 Å². The summed E-state index contributed by atoms with van der Waals surface area (Å²) in [5, 5.41) is 5.61. The summed E-state index contributed by atoms with van der Waals surface area (Å²) in [5.74, 6) is -0.377. The molecule has 4 N–H and O–H groups in total. The zero-order valence-electron chi connectivity index (χ0n) is 8.59. The van der Waals surface area contributed by atoms with E-state index >= 15 is 0 Å². The van der Waals surface area contributed by atoms with Gasteiger partial charge in [-0.25, -0.2) is 0 Å². The van der Waals surface area contributed by atoms with Gasteiger partial charge in [0.15, 0.2) is 0 Å². The highest BCUT2D eigenvalue weighted by Crippen LogP contribution is 2.27. The molecule has 2 atom stereocenters. The lowest BCUT2D eigenvalue weighted by Gasteiger charge is -2.37. The molecule has 0 aromatic rings. The molecule has 80 valence electrons. The molecule has 2 amide bonds. The number of nitrogens with two attached hydrogens (primary N) is 1. The lowest BCUT2D eigenvalue weighted by Crippen LogP contribution is -2.71. The highest BCUT2D eigenvalue weighted by Gasteiger charge is 2.51. The maximum absolute atomic E-state index is 11.1. The van der Waals surface area contributed by atoms with Crippen molar-refractivity contribution < 1.29 is 9.59 Å². The van der Waals surface area contributed by atoms with Crippen LogP contribution in [0.1, 0.15) is 26.7 Å². The van der Waals surface area contributed by atoms with Gasteiger partial charge >= 0.3 is 0 Å². The van der Waals surface area contributed by atoms with Gasteiger partial charge in [-0.1, -0.05) is 13.8 Å². The number of hydrogen-bond acceptors (Lipinski definition) is 3. The Morgan fingerprint density at radius 2 is 2.21 bits per heavy atom. The highest BCUT2D eigenvalue weighted by atomic mass is 16.2. The number of hydrogen-bond donors (Lipinski definition) is 3. The fraction of sp³-hybridized carbons (Fsp3) is 0.778. The van der Waals surface area contributed by atoms with Crippen LogP contribution in [0, 0.1) is 0 Å². The molecular formula is C9H17N3O2. The Bertz CT molecular complexity index is 254. The van der Waals surface area contributed by atoms with E-state index in [-0.39, 0.29) is 17.9 Å². The van der Waals surface area contributed by atoms with Crippen molar-refractivity contribution in [2.75, 3.05) is 6.54 Å². The second kappa shape index (κ2) is 3.96. The van der Waals surface area contributed by atoms with Gasteiger partial charge in [0.1, 0.15) is 5.54 Å². The van der Waals surface area contributed by atoms with Gasteiger partial charge in [-0.05, 0) is 12.8 Å². The maximum atomic E-state index is 11.1. The maximum Gasteiger partial charge on any atom is 0.242 e. The molecule has 2 saturated heterocycles. The van der Waals surface area contributed by atoms with Crippen molar-refractivity contribution in [3.63, 3.8) is 0 Å². The van der Waals surface area contributed by atoms with Crippen LogP contribution in [0.25, 0.3) is 0 Å². The van der Waals surface area contributed by atoms with E-state index in [2.05, 4.69) is 10.6 Å². The average Bonchev–Trinajstić information content (AvgIpc) is 2.66. The second-order valence-electron chi connectivity index (χ2n) is 3.40. The molecule has 14 heavy (non-hydrogen) atoms. The summed E-state index contributed by atoms with van der Waals surface area (Å²) in [6.07, 6.45) is 1.38. The Morgan fingerprint density at radius 1 is 1.57 bits per heavy atom. The molecule has 0 saturated carbocycles. The number of nitrogens with one attached hydrogen (secondary N) is 2. The number of primary amides is 1. The van der Waals surface area contributed by atoms with E-state index < -0.39 is 5.54 Å². The fourth-order valence-corrected chi connectivity index (χ4v) is 1.77. The quantitative estimate of drug-likeness (QED) is 0.479. The van der Waals surface area contributed by atoms with Crippen LogP contribution in [0.2, 0.25) is 0 Å². The zero-order valence-corrected chi connectivity index (χ0v) is 8.59. The molecule has 0 aromatic carbocycles. The van der Waals surface area contributed by atoms with Gasteiger partial charge in [0, 0.05) is 6.54 Å². The van der Waals surface area contributed by atoms with Gasteiger partial charge in [-0.3, -0.25) is 14.9 Å². The Balaban J connectivity index is 0.000000461. The third-order valence-electron chi connectivity index (χ3n) is 2.64. The summed E-state index contributed by atoms with van der Waals surface area (Å²) in [6, 6.07) is -0.323. The van der Waals surface area contributed by atoms with Crippen molar-refractivity contribution in [1.29, 1.82) is 0 Å². The van der Waals surface area contributed by atoms with E-state index in [1.165, 1.54) is 0 Å². The minimum absolute atomic E-state index is 0.00810. The van der Waals surface area contributed by atoms with Crippen LogP contribution in [0.5, 0.6) is 0 Å².